The molecule has 1 saturated heterocycles. The predicted molar refractivity (Wildman–Crippen MR) is 115 cm³/mol. The first-order valence-electron chi connectivity index (χ1n) is 9.71. The first kappa shape index (κ1) is 19.5. The van der Waals surface area contributed by atoms with Crippen LogP contribution in [-0.2, 0) is 11.4 Å². The first-order valence-corrected chi connectivity index (χ1v) is 9.71. The van der Waals surface area contributed by atoms with Crippen molar-refractivity contribution in [1.29, 1.82) is 0 Å². The van der Waals surface area contributed by atoms with Gasteiger partial charge < -0.3 is 14.6 Å². The van der Waals surface area contributed by atoms with Gasteiger partial charge in [0.05, 0.1) is 0 Å². The normalized spacial score (nSPS) is 15.0. The summed E-state index contributed by atoms with van der Waals surface area (Å²) in [5, 5.41) is 2.61. The third-order valence-electron chi connectivity index (χ3n) is 5.19. The number of aromatic nitrogens is 1. The van der Waals surface area contributed by atoms with Gasteiger partial charge in [-0.1, -0.05) is 30.3 Å². The van der Waals surface area contributed by atoms with E-state index in [2.05, 4.69) is 9.88 Å². The fourth-order valence-electron chi connectivity index (χ4n) is 3.54. The molecule has 1 fully saturated rings. The molecule has 0 radical (unpaired) electrons. The van der Waals surface area contributed by atoms with E-state index in [0.717, 1.165) is 38.9 Å². The summed E-state index contributed by atoms with van der Waals surface area (Å²) in [4.78, 5) is 24.9. The fraction of sp³-hybridized carbons (Fsp3) is 0.167. The number of amides is 3. The zero-order chi connectivity index (χ0) is 21.3. The SMILES string of the molecule is Cc1cc(/C=C2/NC(=O)N(C)C2=O)c(C)n1-c1ccc(OCc2ccccc2)cc1. The highest BCUT2D eigenvalue weighted by Crippen LogP contribution is 2.25. The van der Waals surface area contributed by atoms with Gasteiger partial charge in [-0.3, -0.25) is 9.69 Å². The number of rotatable bonds is 5. The number of urea groups is 1. The molecule has 1 N–H and O–H groups in total. The molecule has 3 amide bonds. The highest BCUT2D eigenvalue weighted by molar-refractivity contribution is 6.13. The molecule has 1 aromatic heterocycles. The molecule has 0 spiro atoms. The Morgan fingerprint density at radius 1 is 1.00 bits per heavy atom. The second kappa shape index (κ2) is 7.91. The van der Waals surface area contributed by atoms with Gasteiger partial charge in [0, 0.05) is 24.1 Å². The van der Waals surface area contributed by atoms with Crippen molar-refractivity contribution in [2.45, 2.75) is 20.5 Å². The van der Waals surface area contributed by atoms with Gasteiger partial charge in [-0.2, -0.15) is 0 Å². The summed E-state index contributed by atoms with van der Waals surface area (Å²) in [7, 11) is 1.46. The van der Waals surface area contributed by atoms with Gasteiger partial charge in [-0.05, 0) is 61.4 Å². The lowest BCUT2D eigenvalue weighted by atomic mass is 10.2. The lowest BCUT2D eigenvalue weighted by molar-refractivity contribution is -0.121. The molecule has 1 aliphatic rings. The van der Waals surface area contributed by atoms with Crippen LogP contribution in [0.3, 0.4) is 0 Å². The summed E-state index contributed by atoms with van der Waals surface area (Å²) in [5.41, 5.74) is 5.30. The average Bonchev–Trinajstić information content (AvgIpc) is 3.17. The van der Waals surface area contributed by atoms with Crippen LogP contribution in [-0.4, -0.2) is 28.5 Å². The third kappa shape index (κ3) is 3.72. The maximum Gasteiger partial charge on any atom is 0.328 e. The van der Waals surface area contributed by atoms with E-state index in [4.69, 9.17) is 4.74 Å². The molecule has 0 unspecified atom stereocenters. The number of benzene rings is 2. The standard InChI is InChI=1S/C24H23N3O3/c1-16-13-19(14-22-23(28)26(3)24(29)25-22)17(2)27(16)20-9-11-21(12-10-20)30-15-18-7-5-4-6-8-18/h4-14H,15H2,1-3H3,(H,25,29)/b22-14+. The van der Waals surface area contributed by atoms with Crippen LogP contribution in [0.15, 0.2) is 66.4 Å². The molecule has 152 valence electrons. The Balaban J connectivity index is 1.55. The molecular formula is C24H23N3O3. The van der Waals surface area contributed by atoms with Crippen molar-refractivity contribution < 1.29 is 14.3 Å². The lowest BCUT2D eigenvalue weighted by Crippen LogP contribution is -2.25. The Kier molecular flexibility index (Phi) is 5.14. The van der Waals surface area contributed by atoms with E-state index in [9.17, 15) is 9.59 Å². The summed E-state index contributed by atoms with van der Waals surface area (Å²) in [6.45, 7) is 4.52. The van der Waals surface area contributed by atoms with E-state index in [1.54, 1.807) is 6.08 Å². The van der Waals surface area contributed by atoms with Crippen LogP contribution in [0.25, 0.3) is 11.8 Å². The van der Waals surface area contributed by atoms with Gasteiger partial charge in [0.15, 0.2) is 0 Å². The number of imide groups is 1. The summed E-state index contributed by atoms with van der Waals surface area (Å²) in [6.07, 6.45) is 1.72. The molecular weight excluding hydrogens is 378 g/mol. The van der Waals surface area contributed by atoms with Crippen molar-refractivity contribution in [1.82, 2.24) is 14.8 Å². The monoisotopic (exact) mass is 401 g/mol. The molecule has 0 aliphatic carbocycles. The summed E-state index contributed by atoms with van der Waals surface area (Å²) in [6, 6.07) is 19.5. The Morgan fingerprint density at radius 2 is 1.70 bits per heavy atom. The number of carbonyl (C=O) groups excluding carboxylic acids is 2. The van der Waals surface area contributed by atoms with Gasteiger partial charge in [0.1, 0.15) is 18.1 Å². The average molecular weight is 401 g/mol. The van der Waals surface area contributed by atoms with E-state index < -0.39 is 6.03 Å². The molecule has 0 saturated carbocycles. The molecule has 2 aromatic carbocycles. The minimum absolute atomic E-state index is 0.285. The van der Waals surface area contributed by atoms with E-state index in [-0.39, 0.29) is 11.6 Å². The minimum atomic E-state index is -0.411. The molecule has 2 heterocycles. The molecule has 4 rings (SSSR count). The summed E-state index contributed by atoms with van der Waals surface area (Å²) >= 11 is 0. The topological polar surface area (TPSA) is 63.6 Å². The number of hydrogen-bond donors (Lipinski definition) is 1. The fourth-order valence-corrected chi connectivity index (χ4v) is 3.54. The van der Waals surface area contributed by atoms with E-state index in [1.807, 2.05) is 74.5 Å². The predicted octanol–water partition coefficient (Wildman–Crippen LogP) is 4.20. The minimum Gasteiger partial charge on any atom is -0.489 e. The zero-order valence-electron chi connectivity index (χ0n) is 17.2. The number of carbonyl (C=O) groups is 2. The second-order valence-electron chi connectivity index (χ2n) is 7.28. The first-order chi connectivity index (χ1) is 14.4. The second-order valence-corrected chi connectivity index (χ2v) is 7.28. The van der Waals surface area contributed by atoms with Crippen molar-refractivity contribution in [3.05, 3.63) is 88.9 Å². The molecule has 6 nitrogen and oxygen atoms in total. The van der Waals surface area contributed by atoms with Crippen LogP contribution in [0.5, 0.6) is 5.75 Å². The third-order valence-corrected chi connectivity index (χ3v) is 5.19. The number of hydrogen-bond acceptors (Lipinski definition) is 3. The Hall–Kier alpha value is -3.80. The van der Waals surface area contributed by atoms with Gasteiger partial charge in [-0.15, -0.1) is 0 Å². The lowest BCUT2D eigenvalue weighted by Gasteiger charge is -2.11. The van der Waals surface area contributed by atoms with Crippen LogP contribution in [0.4, 0.5) is 4.79 Å². The van der Waals surface area contributed by atoms with Crippen molar-refractivity contribution in [3.63, 3.8) is 0 Å². The van der Waals surface area contributed by atoms with Crippen molar-refractivity contribution in [2.75, 3.05) is 7.05 Å². The maximum absolute atomic E-state index is 12.1. The summed E-state index contributed by atoms with van der Waals surface area (Å²) in [5.74, 6) is 0.472. The molecule has 3 aromatic rings. The van der Waals surface area contributed by atoms with Gasteiger partial charge in [0.25, 0.3) is 5.91 Å². The van der Waals surface area contributed by atoms with E-state index in [1.165, 1.54) is 7.05 Å². The molecule has 1 aliphatic heterocycles. The quantitative estimate of drug-likeness (QED) is 0.515. The summed E-state index contributed by atoms with van der Waals surface area (Å²) < 4.78 is 7.98. The van der Waals surface area contributed by atoms with Crippen molar-refractivity contribution in [2.24, 2.45) is 0 Å². The highest BCUT2D eigenvalue weighted by Gasteiger charge is 2.30. The zero-order valence-corrected chi connectivity index (χ0v) is 17.2. The Labute approximate surface area is 175 Å². The maximum atomic E-state index is 12.1. The Morgan fingerprint density at radius 3 is 2.33 bits per heavy atom. The van der Waals surface area contributed by atoms with Crippen LogP contribution in [0.1, 0.15) is 22.5 Å². The number of nitrogens with zero attached hydrogens (tertiary/aromatic N) is 2. The van der Waals surface area contributed by atoms with Crippen LogP contribution < -0.4 is 10.1 Å². The molecule has 6 heteroatoms. The van der Waals surface area contributed by atoms with E-state index in [0.29, 0.717) is 6.61 Å². The number of ether oxygens (including phenoxy) is 1. The largest absolute Gasteiger partial charge is 0.489 e. The molecule has 30 heavy (non-hydrogen) atoms. The van der Waals surface area contributed by atoms with Crippen LogP contribution >= 0.6 is 0 Å². The van der Waals surface area contributed by atoms with Crippen molar-refractivity contribution in [3.8, 4) is 11.4 Å². The van der Waals surface area contributed by atoms with Crippen molar-refractivity contribution >= 4 is 18.0 Å². The number of aryl methyl sites for hydroxylation is 1. The van der Waals surface area contributed by atoms with Crippen LogP contribution in [0, 0.1) is 13.8 Å². The number of nitrogens with one attached hydrogen (secondary N) is 1. The molecule has 0 bridgehead atoms. The van der Waals surface area contributed by atoms with Gasteiger partial charge in [-0.25, -0.2) is 4.79 Å². The van der Waals surface area contributed by atoms with Gasteiger partial charge >= 0.3 is 6.03 Å². The number of likely N-dealkylation sites (N-methyl/N-ethyl adjacent to an activating group) is 1. The van der Waals surface area contributed by atoms with Crippen LogP contribution in [0.2, 0.25) is 0 Å². The highest BCUT2D eigenvalue weighted by atomic mass is 16.5. The van der Waals surface area contributed by atoms with Gasteiger partial charge in [0.2, 0.25) is 0 Å². The smallest absolute Gasteiger partial charge is 0.328 e. The van der Waals surface area contributed by atoms with E-state index >= 15 is 0 Å². The molecule has 0 atom stereocenters. The Bertz CT molecular complexity index is 1130.